The lowest BCUT2D eigenvalue weighted by molar-refractivity contribution is -0.137. The Hall–Kier alpha value is -2.13. The minimum absolute atomic E-state index is 0.0426. The second-order valence-corrected chi connectivity index (χ2v) is 6.43. The first-order valence-corrected chi connectivity index (χ1v) is 7.43. The molecule has 0 saturated heterocycles. The predicted molar refractivity (Wildman–Crippen MR) is 76.5 cm³/mol. The summed E-state index contributed by atoms with van der Waals surface area (Å²) in [6.07, 6.45) is 0. The number of rotatable bonds is 7. The van der Waals surface area contributed by atoms with Crippen LogP contribution in [0.3, 0.4) is 0 Å². The van der Waals surface area contributed by atoms with Gasteiger partial charge in [-0.1, -0.05) is 12.1 Å². The minimum atomic E-state index is -3.64. The van der Waals surface area contributed by atoms with Gasteiger partial charge in [-0.3, -0.25) is 9.59 Å². The van der Waals surface area contributed by atoms with Crippen molar-refractivity contribution in [2.75, 3.05) is 32.5 Å². The van der Waals surface area contributed by atoms with Crippen LogP contribution in [-0.4, -0.2) is 56.9 Å². The first kappa shape index (κ1) is 16.9. The molecule has 0 fully saturated rings. The lowest BCUT2D eigenvalue weighted by Gasteiger charge is -2.16. The van der Waals surface area contributed by atoms with Crippen LogP contribution in [0.2, 0.25) is 0 Å². The molecule has 0 aromatic heterocycles. The SMILES string of the molecule is CN(C)S(=O)(=O)c1ccccc1NCC(=O)NCC(=O)O. The van der Waals surface area contributed by atoms with Gasteiger partial charge in [0.25, 0.3) is 0 Å². The van der Waals surface area contributed by atoms with E-state index in [0.717, 1.165) is 4.31 Å². The number of carbonyl (C=O) groups is 2. The van der Waals surface area contributed by atoms with Crippen LogP contribution >= 0.6 is 0 Å². The smallest absolute Gasteiger partial charge is 0.322 e. The summed E-state index contributed by atoms with van der Waals surface area (Å²) < 4.78 is 25.3. The molecule has 0 radical (unpaired) electrons. The molecule has 1 aromatic rings. The van der Waals surface area contributed by atoms with Gasteiger partial charge in [-0.25, -0.2) is 12.7 Å². The summed E-state index contributed by atoms with van der Waals surface area (Å²) >= 11 is 0. The summed E-state index contributed by atoms with van der Waals surface area (Å²) in [6, 6.07) is 6.16. The highest BCUT2D eigenvalue weighted by Crippen LogP contribution is 2.22. The molecule has 1 rings (SSSR count). The van der Waals surface area contributed by atoms with Gasteiger partial charge in [0, 0.05) is 14.1 Å². The molecular weight excluding hydrogens is 298 g/mol. The molecule has 0 atom stereocenters. The molecule has 116 valence electrons. The number of hydrogen-bond acceptors (Lipinski definition) is 5. The number of hydrogen-bond donors (Lipinski definition) is 3. The van der Waals surface area contributed by atoms with Gasteiger partial charge in [-0.2, -0.15) is 0 Å². The van der Waals surface area contributed by atoms with E-state index in [1.807, 2.05) is 0 Å². The van der Waals surface area contributed by atoms with Gasteiger partial charge in [-0.05, 0) is 12.1 Å². The molecule has 8 nitrogen and oxygen atoms in total. The molecule has 1 aromatic carbocycles. The summed E-state index contributed by atoms with van der Waals surface area (Å²) in [5.41, 5.74) is 0.275. The number of anilines is 1. The van der Waals surface area contributed by atoms with Crippen molar-refractivity contribution in [2.45, 2.75) is 4.90 Å². The van der Waals surface area contributed by atoms with E-state index >= 15 is 0 Å². The number of sulfonamides is 1. The zero-order valence-electron chi connectivity index (χ0n) is 11.7. The zero-order valence-corrected chi connectivity index (χ0v) is 12.5. The molecule has 0 aliphatic carbocycles. The van der Waals surface area contributed by atoms with Crippen LogP contribution in [0.15, 0.2) is 29.2 Å². The van der Waals surface area contributed by atoms with Crippen LogP contribution in [-0.2, 0) is 19.6 Å². The summed E-state index contributed by atoms with van der Waals surface area (Å²) in [4.78, 5) is 21.8. The molecule has 0 saturated carbocycles. The molecule has 21 heavy (non-hydrogen) atoms. The van der Waals surface area contributed by atoms with E-state index in [-0.39, 0.29) is 17.1 Å². The fourth-order valence-electron chi connectivity index (χ4n) is 1.45. The molecule has 9 heteroatoms. The van der Waals surface area contributed by atoms with E-state index in [1.165, 1.54) is 26.2 Å². The van der Waals surface area contributed by atoms with Crippen LogP contribution in [0.1, 0.15) is 0 Å². The van der Waals surface area contributed by atoms with Gasteiger partial charge in [-0.15, -0.1) is 0 Å². The van der Waals surface area contributed by atoms with Gasteiger partial charge < -0.3 is 15.7 Å². The lowest BCUT2D eigenvalue weighted by atomic mass is 10.3. The van der Waals surface area contributed by atoms with E-state index in [4.69, 9.17) is 5.11 Å². The van der Waals surface area contributed by atoms with Crippen LogP contribution in [0.4, 0.5) is 5.69 Å². The maximum atomic E-state index is 12.1. The molecule has 0 aliphatic heterocycles. The van der Waals surface area contributed by atoms with E-state index in [0.29, 0.717) is 0 Å². The number of carboxylic acid groups (broad SMARTS) is 1. The van der Waals surface area contributed by atoms with Gasteiger partial charge in [0.1, 0.15) is 11.4 Å². The highest BCUT2D eigenvalue weighted by Gasteiger charge is 2.20. The third kappa shape index (κ3) is 4.72. The summed E-state index contributed by atoms with van der Waals surface area (Å²) in [7, 11) is -0.819. The molecule has 3 N–H and O–H groups in total. The number of para-hydroxylation sites is 1. The molecular formula is C12H17N3O5S. The Morgan fingerprint density at radius 3 is 2.38 bits per heavy atom. The van der Waals surface area contributed by atoms with E-state index in [1.54, 1.807) is 12.1 Å². The average molecular weight is 315 g/mol. The molecule has 0 aliphatic rings. The molecule has 0 spiro atoms. The monoisotopic (exact) mass is 315 g/mol. The first-order chi connectivity index (χ1) is 9.75. The zero-order chi connectivity index (χ0) is 16.0. The van der Waals surface area contributed by atoms with Crippen molar-refractivity contribution in [2.24, 2.45) is 0 Å². The van der Waals surface area contributed by atoms with Crippen molar-refractivity contribution in [3.8, 4) is 0 Å². The minimum Gasteiger partial charge on any atom is -0.480 e. The van der Waals surface area contributed by atoms with Crippen molar-refractivity contribution >= 4 is 27.6 Å². The summed E-state index contributed by atoms with van der Waals surface area (Å²) in [5, 5.41) is 13.3. The number of carbonyl (C=O) groups excluding carboxylic acids is 1. The van der Waals surface area contributed by atoms with Gasteiger partial charge in [0.05, 0.1) is 12.2 Å². The second-order valence-electron chi connectivity index (χ2n) is 4.31. The van der Waals surface area contributed by atoms with Crippen molar-refractivity contribution in [1.29, 1.82) is 0 Å². The second kappa shape index (κ2) is 7.04. The van der Waals surface area contributed by atoms with Crippen molar-refractivity contribution in [1.82, 2.24) is 9.62 Å². The fraction of sp³-hybridized carbons (Fsp3) is 0.333. The van der Waals surface area contributed by atoms with Crippen LogP contribution < -0.4 is 10.6 Å². The number of nitrogens with one attached hydrogen (secondary N) is 2. The lowest BCUT2D eigenvalue weighted by Crippen LogP contribution is -2.34. The van der Waals surface area contributed by atoms with Crippen molar-refractivity contribution in [3.63, 3.8) is 0 Å². The van der Waals surface area contributed by atoms with E-state index in [2.05, 4.69) is 10.6 Å². The van der Waals surface area contributed by atoms with Crippen LogP contribution in [0.5, 0.6) is 0 Å². The highest BCUT2D eigenvalue weighted by molar-refractivity contribution is 7.89. The maximum absolute atomic E-state index is 12.1. The standard InChI is InChI=1S/C12H17N3O5S/c1-15(2)21(19,20)10-6-4-3-5-9(10)13-7-11(16)14-8-12(17)18/h3-6,13H,7-8H2,1-2H3,(H,14,16)(H,17,18). The normalized spacial score (nSPS) is 11.2. The topological polar surface area (TPSA) is 116 Å². The Kier molecular flexibility index (Phi) is 5.68. The number of carboxylic acids is 1. The Labute approximate surface area is 122 Å². The maximum Gasteiger partial charge on any atom is 0.322 e. The first-order valence-electron chi connectivity index (χ1n) is 5.99. The third-order valence-corrected chi connectivity index (χ3v) is 4.40. The van der Waals surface area contributed by atoms with E-state index < -0.39 is 28.4 Å². The molecule has 0 bridgehead atoms. The average Bonchev–Trinajstić information content (AvgIpc) is 2.42. The highest BCUT2D eigenvalue weighted by atomic mass is 32.2. The predicted octanol–water partition coefficient (Wildman–Crippen LogP) is -0.450. The van der Waals surface area contributed by atoms with Gasteiger partial charge in [0.15, 0.2) is 0 Å². The van der Waals surface area contributed by atoms with Crippen LogP contribution in [0, 0.1) is 0 Å². The van der Waals surface area contributed by atoms with Crippen molar-refractivity contribution < 1.29 is 23.1 Å². The largest absolute Gasteiger partial charge is 0.480 e. The molecule has 0 unspecified atom stereocenters. The summed E-state index contributed by atoms with van der Waals surface area (Å²) in [5.74, 6) is -1.70. The molecule has 1 amide bonds. The van der Waals surface area contributed by atoms with Gasteiger partial charge >= 0.3 is 5.97 Å². The number of aliphatic carboxylic acids is 1. The molecule has 0 heterocycles. The Morgan fingerprint density at radius 2 is 1.81 bits per heavy atom. The Balaban J connectivity index is 2.82. The number of amides is 1. The fourth-order valence-corrected chi connectivity index (χ4v) is 2.51. The summed E-state index contributed by atoms with van der Waals surface area (Å²) in [6.45, 7) is -0.717. The number of nitrogens with zero attached hydrogens (tertiary/aromatic N) is 1. The number of benzene rings is 1. The van der Waals surface area contributed by atoms with E-state index in [9.17, 15) is 18.0 Å². The Bertz CT molecular complexity index is 628. The Morgan fingerprint density at radius 1 is 1.19 bits per heavy atom. The quantitative estimate of drug-likeness (QED) is 0.627. The van der Waals surface area contributed by atoms with Gasteiger partial charge in [0.2, 0.25) is 15.9 Å². The third-order valence-electron chi connectivity index (χ3n) is 2.52. The van der Waals surface area contributed by atoms with Crippen LogP contribution in [0.25, 0.3) is 0 Å². The van der Waals surface area contributed by atoms with Crippen molar-refractivity contribution in [3.05, 3.63) is 24.3 Å².